The lowest BCUT2D eigenvalue weighted by molar-refractivity contribution is 0.0457. The Kier molecular flexibility index (Phi) is 3.44. The molecule has 0 unspecified atom stereocenters. The van der Waals surface area contributed by atoms with Crippen LogP contribution in [0.1, 0.15) is 20.8 Å². The molecule has 1 heterocycles. The summed E-state index contributed by atoms with van der Waals surface area (Å²) in [5.74, 6) is 0. The number of rotatable bonds is 2. The van der Waals surface area contributed by atoms with Gasteiger partial charge in [0, 0.05) is 13.1 Å². The average molecular weight is 254 g/mol. The Labute approximate surface area is 94.1 Å². The van der Waals surface area contributed by atoms with E-state index >= 15 is 0 Å². The molecule has 0 saturated carbocycles. The van der Waals surface area contributed by atoms with Crippen LogP contribution >= 0.6 is 0 Å². The normalized spacial score (nSPS) is 19.0. The molecule has 1 aliphatic rings. The number of nitrogens with zero attached hydrogens (tertiary/aromatic N) is 1. The summed E-state index contributed by atoms with van der Waals surface area (Å²) in [5.41, 5.74) is -0.611. The van der Waals surface area contributed by atoms with E-state index in [0.29, 0.717) is 4.31 Å². The van der Waals surface area contributed by atoms with Crippen LogP contribution in [-0.4, -0.2) is 43.5 Å². The molecule has 16 heavy (non-hydrogen) atoms. The molecule has 8 heteroatoms. The topological polar surface area (TPSA) is 75.7 Å². The van der Waals surface area contributed by atoms with Gasteiger partial charge in [0.2, 0.25) is 0 Å². The minimum atomic E-state index is -4.63. The molecule has 1 saturated heterocycles. The molecule has 0 aromatic carbocycles. The third-order valence-corrected chi connectivity index (χ3v) is 2.79. The van der Waals surface area contributed by atoms with Gasteiger partial charge in [-0.05, 0) is 20.8 Å². The molecule has 1 rings (SSSR count). The smallest absolute Gasteiger partial charge is 0.407 e. The van der Waals surface area contributed by atoms with Crippen LogP contribution in [0.25, 0.3) is 0 Å². The largest absolute Gasteiger partial charge is 0.444 e. The molecule has 0 aromatic rings. The van der Waals surface area contributed by atoms with E-state index in [1.807, 2.05) is 0 Å². The molecular weight excluding hydrogens is 239 g/mol. The fraction of sp³-hybridized carbons (Fsp3) is 0.875. The second-order valence-corrected chi connectivity index (χ2v) is 5.94. The lowest BCUT2D eigenvalue weighted by Crippen LogP contribution is -2.60. The zero-order valence-corrected chi connectivity index (χ0v) is 10.2. The highest BCUT2D eigenvalue weighted by molar-refractivity contribution is 7.84. The molecular formula is C8H15FN2O4S. The molecule has 1 fully saturated rings. The summed E-state index contributed by atoms with van der Waals surface area (Å²) < 4.78 is 38.7. The van der Waals surface area contributed by atoms with Crippen LogP contribution in [0.5, 0.6) is 0 Å². The molecule has 0 aromatic heterocycles. The quantitative estimate of drug-likeness (QED) is 0.724. The highest BCUT2D eigenvalue weighted by atomic mass is 32.3. The van der Waals surface area contributed by atoms with Crippen molar-refractivity contribution in [1.82, 2.24) is 9.62 Å². The van der Waals surface area contributed by atoms with Crippen LogP contribution in [0.3, 0.4) is 0 Å². The standard InChI is InChI=1S/C8H15FN2O4S/c1-8(2,3)15-7(12)10-6-4-11(5-6)16(9,13)14/h6H,4-5H2,1-3H3,(H,10,12). The maximum Gasteiger partial charge on any atom is 0.407 e. The number of nitrogens with one attached hydrogen (secondary N) is 1. The second-order valence-electron chi connectivity index (χ2n) is 4.60. The van der Waals surface area contributed by atoms with Gasteiger partial charge in [-0.3, -0.25) is 0 Å². The van der Waals surface area contributed by atoms with Crippen molar-refractivity contribution in [3.8, 4) is 0 Å². The summed E-state index contributed by atoms with van der Waals surface area (Å²) in [4.78, 5) is 11.2. The van der Waals surface area contributed by atoms with E-state index in [0.717, 1.165) is 0 Å². The van der Waals surface area contributed by atoms with Crippen LogP contribution in [0.2, 0.25) is 0 Å². The summed E-state index contributed by atoms with van der Waals surface area (Å²) in [7, 11) is -4.63. The number of amides is 1. The Hall–Kier alpha value is -0.890. The molecule has 1 N–H and O–H groups in total. The first-order valence-corrected chi connectivity index (χ1v) is 6.11. The number of hydrogen-bond donors (Lipinski definition) is 1. The van der Waals surface area contributed by atoms with Gasteiger partial charge >= 0.3 is 16.5 Å². The van der Waals surface area contributed by atoms with Gasteiger partial charge in [0.15, 0.2) is 0 Å². The van der Waals surface area contributed by atoms with Crippen LogP contribution in [0.4, 0.5) is 8.68 Å². The minimum absolute atomic E-state index is 0.0575. The molecule has 0 bridgehead atoms. The van der Waals surface area contributed by atoms with Crippen LogP contribution < -0.4 is 5.32 Å². The van der Waals surface area contributed by atoms with Crippen molar-refractivity contribution in [2.45, 2.75) is 32.4 Å². The summed E-state index contributed by atoms with van der Waals surface area (Å²) in [6, 6.07) is -0.389. The summed E-state index contributed by atoms with van der Waals surface area (Å²) in [6.07, 6.45) is -0.631. The number of halogens is 1. The molecule has 0 spiro atoms. The Morgan fingerprint density at radius 3 is 2.31 bits per heavy atom. The van der Waals surface area contributed by atoms with E-state index in [9.17, 15) is 17.1 Å². The Balaban J connectivity index is 2.31. The van der Waals surface area contributed by atoms with Crippen LogP contribution in [0.15, 0.2) is 0 Å². The number of alkyl carbamates (subject to hydrolysis) is 1. The SMILES string of the molecule is CC(C)(C)OC(=O)NC1CN(S(=O)(=O)F)C1. The highest BCUT2D eigenvalue weighted by Gasteiger charge is 2.37. The van der Waals surface area contributed by atoms with Gasteiger partial charge < -0.3 is 10.1 Å². The van der Waals surface area contributed by atoms with Crippen molar-refractivity contribution in [2.24, 2.45) is 0 Å². The van der Waals surface area contributed by atoms with Crippen LogP contribution in [0, 0.1) is 0 Å². The fourth-order valence-electron chi connectivity index (χ4n) is 1.18. The third-order valence-electron chi connectivity index (χ3n) is 1.88. The van der Waals surface area contributed by atoms with Gasteiger partial charge in [-0.25, -0.2) is 4.79 Å². The van der Waals surface area contributed by atoms with Gasteiger partial charge in [0.05, 0.1) is 6.04 Å². The van der Waals surface area contributed by atoms with Crippen molar-refractivity contribution in [2.75, 3.05) is 13.1 Å². The summed E-state index contributed by atoms with van der Waals surface area (Å²) >= 11 is 0. The summed E-state index contributed by atoms with van der Waals surface area (Å²) in [6.45, 7) is 5.03. The lowest BCUT2D eigenvalue weighted by Gasteiger charge is -2.35. The zero-order chi connectivity index (χ0) is 12.6. The molecule has 0 aliphatic carbocycles. The maximum absolute atomic E-state index is 12.4. The average Bonchev–Trinajstić information content (AvgIpc) is 1.89. The van der Waals surface area contributed by atoms with E-state index in [4.69, 9.17) is 4.74 Å². The minimum Gasteiger partial charge on any atom is -0.444 e. The van der Waals surface area contributed by atoms with Crippen LogP contribution in [-0.2, 0) is 15.1 Å². The molecule has 1 amide bonds. The van der Waals surface area contributed by atoms with Crippen molar-refractivity contribution in [1.29, 1.82) is 0 Å². The van der Waals surface area contributed by atoms with Gasteiger partial charge in [-0.2, -0.15) is 12.7 Å². The lowest BCUT2D eigenvalue weighted by atomic mass is 10.2. The van der Waals surface area contributed by atoms with Crippen molar-refractivity contribution in [3.05, 3.63) is 0 Å². The highest BCUT2D eigenvalue weighted by Crippen LogP contribution is 2.15. The van der Waals surface area contributed by atoms with E-state index in [1.165, 1.54) is 0 Å². The van der Waals surface area contributed by atoms with Crippen molar-refractivity contribution >= 4 is 16.5 Å². The van der Waals surface area contributed by atoms with E-state index < -0.39 is 22.1 Å². The molecule has 0 atom stereocenters. The monoisotopic (exact) mass is 254 g/mol. The zero-order valence-electron chi connectivity index (χ0n) is 9.36. The maximum atomic E-state index is 12.4. The Morgan fingerprint density at radius 1 is 1.44 bits per heavy atom. The van der Waals surface area contributed by atoms with E-state index in [-0.39, 0.29) is 19.1 Å². The molecule has 94 valence electrons. The first-order valence-electron chi connectivity index (χ1n) is 4.77. The molecule has 0 radical (unpaired) electrons. The van der Waals surface area contributed by atoms with Crippen molar-refractivity contribution < 1.29 is 21.8 Å². The van der Waals surface area contributed by atoms with Crippen molar-refractivity contribution in [3.63, 3.8) is 0 Å². The number of hydrogen-bond acceptors (Lipinski definition) is 4. The predicted octanol–water partition coefficient (Wildman–Crippen LogP) is 0.410. The summed E-state index contributed by atoms with van der Waals surface area (Å²) in [5, 5.41) is 2.44. The fourth-order valence-corrected chi connectivity index (χ4v) is 1.90. The third kappa shape index (κ3) is 3.93. The van der Waals surface area contributed by atoms with Gasteiger partial charge in [-0.1, -0.05) is 3.89 Å². The van der Waals surface area contributed by atoms with Gasteiger partial charge in [0.1, 0.15) is 5.60 Å². The number of ether oxygens (including phenoxy) is 1. The van der Waals surface area contributed by atoms with E-state index in [1.54, 1.807) is 20.8 Å². The van der Waals surface area contributed by atoms with Gasteiger partial charge in [0.25, 0.3) is 0 Å². The predicted molar refractivity (Wildman–Crippen MR) is 54.8 cm³/mol. The number of carbonyl (C=O) groups is 1. The first-order chi connectivity index (χ1) is 7.08. The van der Waals surface area contributed by atoms with Gasteiger partial charge in [-0.15, -0.1) is 0 Å². The van der Waals surface area contributed by atoms with E-state index in [2.05, 4.69) is 5.32 Å². The first kappa shape index (κ1) is 13.2. The molecule has 1 aliphatic heterocycles. The Bertz CT molecular complexity index is 370. The second kappa shape index (κ2) is 4.17. The Morgan fingerprint density at radius 2 is 1.94 bits per heavy atom. The number of carbonyl (C=O) groups excluding carboxylic acids is 1. The molecule has 6 nitrogen and oxygen atoms in total.